The molecule has 1 aliphatic rings. The van der Waals surface area contributed by atoms with Gasteiger partial charge in [0, 0.05) is 11.6 Å². The van der Waals surface area contributed by atoms with Gasteiger partial charge in [-0.25, -0.2) is 0 Å². The average Bonchev–Trinajstić information content (AvgIpc) is 2.81. The minimum absolute atomic E-state index is 0.272. The topological polar surface area (TPSA) is 41.3 Å². The fourth-order valence-electron chi connectivity index (χ4n) is 3.62. The highest BCUT2D eigenvalue weighted by Gasteiger charge is 2.44. The van der Waals surface area contributed by atoms with Crippen molar-refractivity contribution in [1.82, 2.24) is 10.3 Å². The minimum Gasteiger partial charge on any atom is -0.297 e. The van der Waals surface area contributed by atoms with Crippen LogP contribution in [0.3, 0.4) is 0 Å². The predicted molar refractivity (Wildman–Crippen MR) is 79.3 cm³/mol. The highest BCUT2D eigenvalue weighted by molar-refractivity contribution is 5.04. The molecule has 0 aromatic rings. The number of hydrogen-bond acceptors (Lipinski definition) is 3. The van der Waals surface area contributed by atoms with Crippen molar-refractivity contribution in [2.45, 2.75) is 70.9 Å². The van der Waals surface area contributed by atoms with Gasteiger partial charge in [-0.05, 0) is 45.7 Å². The summed E-state index contributed by atoms with van der Waals surface area (Å²) in [6.07, 6.45) is 7.39. The zero-order valence-corrected chi connectivity index (χ0v) is 12.5. The van der Waals surface area contributed by atoms with E-state index in [0.717, 1.165) is 25.9 Å². The van der Waals surface area contributed by atoms with Crippen molar-refractivity contribution in [2.75, 3.05) is 13.1 Å². The lowest BCUT2D eigenvalue weighted by Gasteiger charge is -2.46. The number of nitrogens with two attached hydrogens (primary N) is 1. The summed E-state index contributed by atoms with van der Waals surface area (Å²) in [6.45, 7) is 12.9. The van der Waals surface area contributed by atoms with Crippen molar-refractivity contribution in [2.24, 2.45) is 5.84 Å². The van der Waals surface area contributed by atoms with E-state index in [4.69, 9.17) is 5.84 Å². The molecule has 0 spiro atoms. The number of rotatable bonds is 8. The molecule has 0 aliphatic heterocycles. The Morgan fingerprint density at radius 3 is 2.28 bits per heavy atom. The molecule has 3 N–H and O–H groups in total. The van der Waals surface area contributed by atoms with Crippen molar-refractivity contribution >= 4 is 0 Å². The number of nitrogens with zero attached hydrogens (tertiary/aromatic N) is 1. The molecule has 0 radical (unpaired) electrons. The fourth-order valence-corrected chi connectivity index (χ4v) is 3.62. The summed E-state index contributed by atoms with van der Waals surface area (Å²) >= 11 is 0. The molecule has 1 atom stereocenters. The molecular formula is C15H31N3. The summed E-state index contributed by atoms with van der Waals surface area (Å²) in [4.78, 5) is 2.61. The molecule has 1 rings (SSSR count). The lowest BCUT2D eigenvalue weighted by Crippen LogP contribution is -2.61. The van der Waals surface area contributed by atoms with Crippen molar-refractivity contribution in [3.8, 4) is 0 Å². The Balaban J connectivity index is 2.82. The lowest BCUT2D eigenvalue weighted by atomic mass is 9.83. The van der Waals surface area contributed by atoms with Crippen molar-refractivity contribution in [3.05, 3.63) is 12.2 Å². The molecular weight excluding hydrogens is 222 g/mol. The van der Waals surface area contributed by atoms with E-state index >= 15 is 0 Å². The van der Waals surface area contributed by atoms with Gasteiger partial charge in [0.05, 0.1) is 0 Å². The summed E-state index contributed by atoms with van der Waals surface area (Å²) in [5.41, 5.74) is 4.63. The molecule has 1 saturated carbocycles. The third-order valence-electron chi connectivity index (χ3n) is 4.57. The molecule has 0 saturated heterocycles. The first-order valence-electron chi connectivity index (χ1n) is 7.46. The second-order valence-electron chi connectivity index (χ2n) is 5.70. The second kappa shape index (κ2) is 7.27. The monoisotopic (exact) mass is 253 g/mol. The summed E-state index contributed by atoms with van der Waals surface area (Å²) < 4.78 is 0. The second-order valence-corrected chi connectivity index (χ2v) is 5.70. The highest BCUT2D eigenvalue weighted by atomic mass is 15.3. The molecule has 0 amide bonds. The van der Waals surface area contributed by atoms with Crippen molar-refractivity contribution in [3.63, 3.8) is 0 Å². The van der Waals surface area contributed by atoms with Crippen LogP contribution in [0, 0.1) is 0 Å². The number of allylic oxidation sites excluding steroid dienone is 1. The maximum atomic E-state index is 5.86. The van der Waals surface area contributed by atoms with E-state index in [1.807, 2.05) is 0 Å². The van der Waals surface area contributed by atoms with Crippen LogP contribution >= 0.6 is 0 Å². The van der Waals surface area contributed by atoms with Crippen LogP contribution in [0.25, 0.3) is 0 Å². The van der Waals surface area contributed by atoms with Gasteiger partial charge in [-0.1, -0.05) is 32.3 Å². The smallest absolute Gasteiger partial charge is 0.0397 e. The Morgan fingerprint density at radius 1 is 1.33 bits per heavy atom. The molecule has 1 fully saturated rings. The Hall–Kier alpha value is -0.380. The van der Waals surface area contributed by atoms with Crippen LogP contribution in [0.5, 0.6) is 0 Å². The molecule has 18 heavy (non-hydrogen) atoms. The first-order valence-corrected chi connectivity index (χ1v) is 7.46. The third-order valence-corrected chi connectivity index (χ3v) is 4.57. The lowest BCUT2D eigenvalue weighted by molar-refractivity contribution is 0.0598. The van der Waals surface area contributed by atoms with Gasteiger partial charge in [0.15, 0.2) is 0 Å². The summed E-state index contributed by atoms with van der Waals surface area (Å²) in [5, 5.41) is 0. The molecule has 0 bridgehead atoms. The van der Waals surface area contributed by atoms with E-state index < -0.39 is 0 Å². The Labute approximate surface area is 113 Å². The van der Waals surface area contributed by atoms with Crippen molar-refractivity contribution in [1.29, 1.82) is 0 Å². The zero-order valence-electron chi connectivity index (χ0n) is 12.5. The van der Waals surface area contributed by atoms with E-state index in [-0.39, 0.29) is 5.54 Å². The first-order chi connectivity index (χ1) is 8.60. The van der Waals surface area contributed by atoms with Gasteiger partial charge in [0.1, 0.15) is 0 Å². The number of likely N-dealkylation sites (N-methyl/N-ethyl adjacent to an activating group) is 1. The van der Waals surface area contributed by atoms with E-state index in [1.165, 1.54) is 31.3 Å². The maximum absolute atomic E-state index is 5.86. The van der Waals surface area contributed by atoms with Crippen LogP contribution in [0.15, 0.2) is 12.2 Å². The fraction of sp³-hybridized carbons (Fsp3) is 0.867. The number of hydrogen-bond donors (Lipinski definition) is 2. The maximum Gasteiger partial charge on any atom is 0.0397 e. The van der Waals surface area contributed by atoms with Crippen LogP contribution < -0.4 is 11.3 Å². The molecule has 0 aromatic carbocycles. The minimum atomic E-state index is 0.272. The van der Waals surface area contributed by atoms with Crippen LogP contribution in [-0.4, -0.2) is 29.6 Å². The Kier molecular flexibility index (Phi) is 6.33. The number of nitrogens with one attached hydrogen (secondary N) is 1. The molecule has 3 nitrogen and oxygen atoms in total. The molecule has 0 aromatic heterocycles. The normalized spacial score (nSPS) is 20.3. The van der Waals surface area contributed by atoms with Gasteiger partial charge in [0.25, 0.3) is 0 Å². The standard InChI is InChI=1S/C15H31N3/c1-5-18(6-2)15(11-7-8-12-15)14(17-16)10-9-13(3)4/h14,17H,3,5-12,16H2,1-2,4H3. The quantitative estimate of drug-likeness (QED) is 0.397. The van der Waals surface area contributed by atoms with E-state index in [2.05, 4.69) is 37.7 Å². The van der Waals surface area contributed by atoms with Gasteiger partial charge < -0.3 is 0 Å². The van der Waals surface area contributed by atoms with Crippen LogP contribution in [0.2, 0.25) is 0 Å². The SMILES string of the molecule is C=C(C)CCC(NN)C1(N(CC)CC)CCCC1. The molecule has 1 aliphatic carbocycles. The van der Waals surface area contributed by atoms with Crippen LogP contribution in [0.1, 0.15) is 59.3 Å². The molecule has 1 unspecified atom stereocenters. The first kappa shape index (κ1) is 15.7. The van der Waals surface area contributed by atoms with Crippen LogP contribution in [0.4, 0.5) is 0 Å². The number of hydrazine groups is 1. The summed E-state index contributed by atoms with van der Waals surface area (Å²) in [6, 6.07) is 0.386. The van der Waals surface area contributed by atoms with Gasteiger partial charge in [0.2, 0.25) is 0 Å². The Morgan fingerprint density at radius 2 is 1.89 bits per heavy atom. The highest BCUT2D eigenvalue weighted by Crippen LogP contribution is 2.39. The molecule has 106 valence electrons. The van der Waals surface area contributed by atoms with Gasteiger partial charge in [-0.3, -0.25) is 16.2 Å². The zero-order chi connectivity index (χ0) is 13.6. The van der Waals surface area contributed by atoms with E-state index in [0.29, 0.717) is 6.04 Å². The van der Waals surface area contributed by atoms with Crippen LogP contribution in [-0.2, 0) is 0 Å². The molecule has 0 heterocycles. The van der Waals surface area contributed by atoms with Crippen molar-refractivity contribution < 1.29 is 0 Å². The third kappa shape index (κ3) is 3.34. The van der Waals surface area contributed by atoms with E-state index in [9.17, 15) is 0 Å². The Bertz CT molecular complexity index is 252. The summed E-state index contributed by atoms with van der Waals surface area (Å²) in [7, 11) is 0. The average molecular weight is 253 g/mol. The largest absolute Gasteiger partial charge is 0.297 e. The van der Waals surface area contributed by atoms with Gasteiger partial charge >= 0.3 is 0 Å². The predicted octanol–water partition coefficient (Wildman–Crippen LogP) is 2.83. The molecule has 3 heteroatoms. The summed E-state index contributed by atoms with van der Waals surface area (Å²) in [5.74, 6) is 5.86. The van der Waals surface area contributed by atoms with E-state index in [1.54, 1.807) is 0 Å². The van der Waals surface area contributed by atoms with Gasteiger partial charge in [-0.15, -0.1) is 6.58 Å². The van der Waals surface area contributed by atoms with Gasteiger partial charge in [-0.2, -0.15) is 0 Å².